The second-order valence-electron chi connectivity index (χ2n) is 7.50. The van der Waals surface area contributed by atoms with E-state index in [9.17, 15) is 4.79 Å². The number of amides is 1. The Bertz CT molecular complexity index is 1200. The second kappa shape index (κ2) is 6.88. The molecule has 0 unspecified atom stereocenters. The Morgan fingerprint density at radius 2 is 1.90 bits per heavy atom. The second-order valence-corrected chi connectivity index (χ2v) is 7.50. The van der Waals surface area contributed by atoms with Crippen molar-refractivity contribution in [3.8, 4) is 0 Å². The van der Waals surface area contributed by atoms with Crippen molar-refractivity contribution in [1.82, 2.24) is 29.2 Å². The molecule has 4 heterocycles. The maximum Gasteiger partial charge on any atom is 0.242 e. The average molecular weight is 389 g/mol. The zero-order valence-corrected chi connectivity index (χ0v) is 16.6. The third-order valence-electron chi connectivity index (χ3n) is 5.75. The molecule has 0 N–H and O–H groups in total. The van der Waals surface area contributed by atoms with Gasteiger partial charge in [0.05, 0.1) is 11.6 Å². The fraction of sp³-hybridized carbons (Fsp3) is 0.333. The monoisotopic (exact) mass is 389 g/mol. The summed E-state index contributed by atoms with van der Waals surface area (Å²) >= 11 is 0. The van der Waals surface area contributed by atoms with Crippen LogP contribution in [0.3, 0.4) is 0 Å². The Morgan fingerprint density at radius 3 is 2.72 bits per heavy atom. The summed E-state index contributed by atoms with van der Waals surface area (Å²) in [5.74, 6) is 1.05. The van der Waals surface area contributed by atoms with Gasteiger partial charge < -0.3 is 14.4 Å². The molecule has 1 amide bonds. The Kier molecular flexibility index (Phi) is 4.19. The van der Waals surface area contributed by atoms with Crippen LogP contribution in [-0.2, 0) is 18.4 Å². The van der Waals surface area contributed by atoms with Gasteiger partial charge in [0.1, 0.15) is 18.7 Å². The molecule has 1 aliphatic heterocycles. The number of fused-ring (bicyclic) bond motifs is 2. The van der Waals surface area contributed by atoms with Gasteiger partial charge in [-0.25, -0.2) is 9.97 Å². The quantitative estimate of drug-likeness (QED) is 0.536. The number of aryl methyl sites for hydroxylation is 2. The number of piperazine rings is 1. The van der Waals surface area contributed by atoms with Crippen molar-refractivity contribution in [3.63, 3.8) is 0 Å². The predicted octanol–water partition coefficient (Wildman–Crippen LogP) is 1.98. The smallest absolute Gasteiger partial charge is 0.242 e. The van der Waals surface area contributed by atoms with Crippen LogP contribution in [-0.4, -0.2) is 61.3 Å². The van der Waals surface area contributed by atoms with Crippen LogP contribution < -0.4 is 4.90 Å². The molecule has 148 valence electrons. The molecule has 0 saturated carbocycles. The van der Waals surface area contributed by atoms with Gasteiger partial charge >= 0.3 is 0 Å². The summed E-state index contributed by atoms with van der Waals surface area (Å²) in [6.07, 6.45) is 3.39. The molecule has 0 spiro atoms. The first kappa shape index (κ1) is 17.7. The van der Waals surface area contributed by atoms with Gasteiger partial charge in [-0.2, -0.15) is 5.10 Å². The van der Waals surface area contributed by atoms with E-state index >= 15 is 0 Å². The normalized spacial score (nSPS) is 14.8. The number of carbonyl (C=O) groups is 1. The molecule has 1 aliphatic rings. The van der Waals surface area contributed by atoms with Crippen LogP contribution in [0.25, 0.3) is 21.9 Å². The molecule has 1 fully saturated rings. The molecule has 8 nitrogen and oxygen atoms in total. The Morgan fingerprint density at radius 1 is 1.10 bits per heavy atom. The lowest BCUT2D eigenvalue weighted by molar-refractivity contribution is -0.132. The summed E-state index contributed by atoms with van der Waals surface area (Å²) in [7, 11) is 1.88. The largest absolute Gasteiger partial charge is 0.352 e. The summed E-state index contributed by atoms with van der Waals surface area (Å²) in [6.45, 7) is 5.29. The number of nitrogens with zero attached hydrogens (tertiary/aromatic N) is 7. The lowest BCUT2D eigenvalue weighted by Gasteiger charge is -2.35. The van der Waals surface area contributed by atoms with Crippen molar-refractivity contribution in [1.29, 1.82) is 0 Å². The summed E-state index contributed by atoms with van der Waals surface area (Å²) in [5, 5.41) is 6.41. The number of para-hydroxylation sites is 1. The van der Waals surface area contributed by atoms with E-state index in [-0.39, 0.29) is 5.91 Å². The summed E-state index contributed by atoms with van der Waals surface area (Å²) in [6, 6.07) is 10.3. The molecule has 5 rings (SSSR count). The third kappa shape index (κ3) is 3.00. The van der Waals surface area contributed by atoms with Crippen LogP contribution in [0.2, 0.25) is 0 Å². The molecule has 0 bridgehead atoms. The maximum atomic E-state index is 13.0. The van der Waals surface area contributed by atoms with Crippen molar-refractivity contribution in [3.05, 3.63) is 48.5 Å². The molecule has 29 heavy (non-hydrogen) atoms. The topological polar surface area (TPSA) is 72.1 Å². The first-order chi connectivity index (χ1) is 14.1. The van der Waals surface area contributed by atoms with Crippen LogP contribution >= 0.6 is 0 Å². The molecule has 0 atom stereocenters. The van der Waals surface area contributed by atoms with E-state index in [2.05, 4.69) is 49.7 Å². The van der Waals surface area contributed by atoms with Gasteiger partial charge in [0.2, 0.25) is 5.91 Å². The van der Waals surface area contributed by atoms with Crippen molar-refractivity contribution >= 4 is 33.7 Å². The van der Waals surface area contributed by atoms with Crippen LogP contribution in [0.1, 0.15) is 5.69 Å². The first-order valence-electron chi connectivity index (χ1n) is 9.82. The van der Waals surface area contributed by atoms with E-state index < -0.39 is 0 Å². The minimum Gasteiger partial charge on any atom is -0.352 e. The number of aromatic nitrogens is 5. The Labute approximate surface area is 168 Å². The Balaban J connectivity index is 1.30. The van der Waals surface area contributed by atoms with E-state index in [1.54, 1.807) is 11.0 Å². The molecular weight excluding hydrogens is 366 g/mol. The Hall–Kier alpha value is -3.42. The zero-order valence-electron chi connectivity index (χ0n) is 16.6. The van der Waals surface area contributed by atoms with Crippen LogP contribution in [0.5, 0.6) is 0 Å². The number of anilines is 1. The van der Waals surface area contributed by atoms with Crippen molar-refractivity contribution in [2.75, 3.05) is 31.1 Å². The van der Waals surface area contributed by atoms with Crippen molar-refractivity contribution in [2.45, 2.75) is 13.5 Å². The highest BCUT2D eigenvalue weighted by Crippen LogP contribution is 2.24. The fourth-order valence-electron chi connectivity index (χ4n) is 4.16. The maximum absolute atomic E-state index is 13.0. The molecular formula is C21H23N7O. The highest BCUT2D eigenvalue weighted by atomic mass is 16.2. The van der Waals surface area contributed by atoms with E-state index in [1.807, 2.05) is 30.3 Å². The number of hydrogen-bond acceptors (Lipinski definition) is 5. The lowest BCUT2D eigenvalue weighted by atomic mass is 10.2. The van der Waals surface area contributed by atoms with Gasteiger partial charge in [0.15, 0.2) is 5.65 Å². The molecule has 8 heteroatoms. The summed E-state index contributed by atoms with van der Waals surface area (Å²) in [4.78, 5) is 25.9. The van der Waals surface area contributed by atoms with Crippen LogP contribution in [0.15, 0.2) is 42.9 Å². The molecule has 3 aromatic heterocycles. The van der Waals surface area contributed by atoms with E-state index in [1.165, 1.54) is 5.39 Å². The number of rotatable bonds is 3. The lowest BCUT2D eigenvalue weighted by Crippen LogP contribution is -2.50. The van der Waals surface area contributed by atoms with Gasteiger partial charge in [-0.1, -0.05) is 18.2 Å². The SMILES string of the molecule is Cc1cc2ccccc2n1CC(=O)N1CCN(c2ncnc3c2cnn3C)CC1. The van der Waals surface area contributed by atoms with E-state index in [0.717, 1.165) is 41.2 Å². The van der Waals surface area contributed by atoms with Crippen LogP contribution in [0, 0.1) is 6.92 Å². The minimum absolute atomic E-state index is 0.156. The molecule has 0 aliphatic carbocycles. The predicted molar refractivity (Wildman–Crippen MR) is 112 cm³/mol. The molecule has 4 aromatic rings. The van der Waals surface area contributed by atoms with Gasteiger partial charge in [-0.05, 0) is 24.4 Å². The van der Waals surface area contributed by atoms with E-state index in [4.69, 9.17) is 0 Å². The molecule has 1 saturated heterocycles. The number of benzene rings is 1. The summed E-state index contributed by atoms with van der Waals surface area (Å²) < 4.78 is 3.86. The van der Waals surface area contributed by atoms with Crippen LogP contribution in [0.4, 0.5) is 5.82 Å². The van der Waals surface area contributed by atoms with Gasteiger partial charge in [0, 0.05) is 44.4 Å². The van der Waals surface area contributed by atoms with Crippen molar-refractivity contribution < 1.29 is 4.79 Å². The number of hydrogen-bond donors (Lipinski definition) is 0. The van der Waals surface area contributed by atoms with Crippen molar-refractivity contribution in [2.24, 2.45) is 7.05 Å². The van der Waals surface area contributed by atoms with E-state index in [0.29, 0.717) is 19.6 Å². The molecule has 0 radical (unpaired) electrons. The minimum atomic E-state index is 0.156. The van der Waals surface area contributed by atoms with Gasteiger partial charge in [-0.3, -0.25) is 9.48 Å². The third-order valence-corrected chi connectivity index (χ3v) is 5.75. The van der Waals surface area contributed by atoms with Gasteiger partial charge in [0.25, 0.3) is 0 Å². The zero-order chi connectivity index (χ0) is 20.0. The average Bonchev–Trinajstić information content (AvgIpc) is 3.28. The summed E-state index contributed by atoms with van der Waals surface area (Å²) in [5.41, 5.74) is 3.04. The fourth-order valence-corrected chi connectivity index (χ4v) is 4.16. The van der Waals surface area contributed by atoms with Gasteiger partial charge in [-0.15, -0.1) is 0 Å². The highest BCUT2D eigenvalue weighted by Gasteiger charge is 2.24. The number of carbonyl (C=O) groups excluding carboxylic acids is 1. The molecule has 1 aromatic carbocycles. The first-order valence-corrected chi connectivity index (χ1v) is 9.82. The highest BCUT2D eigenvalue weighted by molar-refractivity contribution is 5.87. The standard InChI is InChI=1S/C21H23N7O/c1-15-11-16-5-3-4-6-18(16)28(15)13-19(29)26-7-9-27(10-8-26)21-17-12-24-25(2)20(17)22-14-23-21/h3-6,11-12,14H,7-10,13H2,1-2H3.